The van der Waals surface area contributed by atoms with Gasteiger partial charge in [-0.15, -0.1) is 0 Å². The summed E-state index contributed by atoms with van der Waals surface area (Å²) in [6.45, 7) is 8.56. The lowest BCUT2D eigenvalue weighted by Gasteiger charge is -2.52. The van der Waals surface area contributed by atoms with Crippen LogP contribution in [0.3, 0.4) is 0 Å². The van der Waals surface area contributed by atoms with Crippen molar-refractivity contribution in [2.45, 2.75) is 90.7 Å². The number of amides is 1. The average molecular weight is 403 g/mol. The Labute approximate surface area is 177 Å². The van der Waals surface area contributed by atoms with Crippen LogP contribution in [-0.4, -0.2) is 43.8 Å². The monoisotopic (exact) mass is 402 g/mol. The van der Waals surface area contributed by atoms with E-state index in [4.69, 9.17) is 4.74 Å². The van der Waals surface area contributed by atoms with Gasteiger partial charge in [-0.05, 0) is 93.9 Å². The molecule has 7 atom stereocenters. The zero-order valence-electron chi connectivity index (χ0n) is 19.3. The predicted molar refractivity (Wildman–Crippen MR) is 118 cm³/mol. The van der Waals surface area contributed by atoms with E-state index in [2.05, 4.69) is 44.1 Å². The standard InChI is InChI=1S/C25H42N2O2/c1-6-7-18-15-21(29-23(28)26-4)11-12-24(18,3)19-10-13-25-16-27(5)17(2)22(25)9-8-20(25)14-19/h7,17,19-22H,6,8-16H2,1-5H3,(H,26,28)/b18-7-/t17-,19-,20-,21-,22+,24-,25+/m0/s1. The smallest absolute Gasteiger partial charge is 0.407 e. The van der Waals surface area contributed by atoms with Crippen LogP contribution in [0.2, 0.25) is 0 Å². The second-order valence-electron chi connectivity index (χ2n) is 10.8. The van der Waals surface area contributed by atoms with Gasteiger partial charge in [0.2, 0.25) is 0 Å². The van der Waals surface area contributed by atoms with E-state index in [9.17, 15) is 4.79 Å². The summed E-state index contributed by atoms with van der Waals surface area (Å²) in [4.78, 5) is 14.4. The van der Waals surface area contributed by atoms with Gasteiger partial charge in [0.1, 0.15) is 6.10 Å². The van der Waals surface area contributed by atoms with Gasteiger partial charge in [-0.25, -0.2) is 4.79 Å². The molecule has 29 heavy (non-hydrogen) atoms. The first-order chi connectivity index (χ1) is 13.8. The highest BCUT2D eigenvalue weighted by atomic mass is 16.6. The summed E-state index contributed by atoms with van der Waals surface area (Å²) in [5.41, 5.74) is 2.45. The molecule has 1 aliphatic heterocycles. The fourth-order valence-corrected chi connectivity index (χ4v) is 7.99. The third-order valence-electron chi connectivity index (χ3n) is 9.72. The average Bonchev–Trinajstić information content (AvgIpc) is 3.18. The third kappa shape index (κ3) is 3.43. The summed E-state index contributed by atoms with van der Waals surface area (Å²) in [5, 5.41) is 2.61. The van der Waals surface area contributed by atoms with E-state index in [0.717, 1.165) is 49.5 Å². The molecule has 0 aromatic heterocycles. The van der Waals surface area contributed by atoms with Gasteiger partial charge >= 0.3 is 6.09 Å². The van der Waals surface area contributed by atoms with Crippen molar-refractivity contribution in [2.24, 2.45) is 28.6 Å². The molecule has 1 spiro atoms. The Hall–Kier alpha value is -1.03. The van der Waals surface area contributed by atoms with Crippen molar-refractivity contribution in [3.05, 3.63) is 11.6 Å². The van der Waals surface area contributed by atoms with Crippen molar-refractivity contribution in [1.29, 1.82) is 0 Å². The Balaban J connectivity index is 1.50. The Morgan fingerprint density at radius 2 is 2.03 bits per heavy atom. The van der Waals surface area contributed by atoms with Gasteiger partial charge in [-0.2, -0.15) is 0 Å². The van der Waals surface area contributed by atoms with Crippen LogP contribution in [0.4, 0.5) is 4.79 Å². The normalized spacial score (nSPS) is 46.4. The molecule has 1 N–H and O–H groups in total. The molecule has 1 saturated heterocycles. The highest BCUT2D eigenvalue weighted by Gasteiger charge is 2.60. The summed E-state index contributed by atoms with van der Waals surface area (Å²) in [7, 11) is 3.99. The van der Waals surface area contributed by atoms with Crippen molar-refractivity contribution in [1.82, 2.24) is 10.2 Å². The molecule has 0 bridgehead atoms. The molecule has 4 nitrogen and oxygen atoms in total. The fraction of sp³-hybridized carbons (Fsp3) is 0.880. The van der Waals surface area contributed by atoms with Crippen LogP contribution in [0, 0.1) is 28.6 Å². The molecule has 0 radical (unpaired) electrons. The van der Waals surface area contributed by atoms with E-state index >= 15 is 0 Å². The van der Waals surface area contributed by atoms with Crippen molar-refractivity contribution in [3.8, 4) is 0 Å². The molecule has 4 heteroatoms. The van der Waals surface area contributed by atoms with Crippen LogP contribution in [0.25, 0.3) is 0 Å². The van der Waals surface area contributed by atoms with Crippen molar-refractivity contribution in [2.75, 3.05) is 20.6 Å². The molecule has 0 unspecified atom stereocenters. The zero-order valence-corrected chi connectivity index (χ0v) is 19.3. The zero-order chi connectivity index (χ0) is 20.8. The van der Waals surface area contributed by atoms with E-state index in [-0.39, 0.29) is 17.6 Å². The lowest BCUT2D eigenvalue weighted by Crippen LogP contribution is -2.45. The summed E-state index contributed by atoms with van der Waals surface area (Å²) in [6.07, 6.45) is 13.5. The highest BCUT2D eigenvalue weighted by molar-refractivity contribution is 5.66. The topological polar surface area (TPSA) is 41.6 Å². The Bertz CT molecular complexity index is 661. The summed E-state index contributed by atoms with van der Waals surface area (Å²) in [5.74, 6) is 2.63. The number of rotatable bonds is 3. The minimum atomic E-state index is -0.287. The lowest BCUT2D eigenvalue weighted by atomic mass is 9.53. The molecule has 164 valence electrons. The number of nitrogens with one attached hydrogen (secondary N) is 1. The largest absolute Gasteiger partial charge is 0.446 e. The van der Waals surface area contributed by atoms with Crippen LogP contribution >= 0.6 is 0 Å². The van der Waals surface area contributed by atoms with E-state index in [1.165, 1.54) is 38.6 Å². The number of carbonyl (C=O) groups is 1. The molecule has 0 aromatic rings. The Morgan fingerprint density at radius 1 is 1.24 bits per heavy atom. The predicted octanol–water partition coefficient (Wildman–Crippen LogP) is 5.38. The Morgan fingerprint density at radius 3 is 2.76 bits per heavy atom. The first kappa shape index (κ1) is 21.2. The second-order valence-corrected chi connectivity index (χ2v) is 10.8. The molecule has 0 aromatic carbocycles. The maximum atomic E-state index is 11.7. The number of hydrogen-bond donors (Lipinski definition) is 1. The summed E-state index contributed by atoms with van der Waals surface area (Å²) >= 11 is 0. The number of alkyl carbamates (subject to hydrolysis) is 1. The van der Waals surface area contributed by atoms with Gasteiger partial charge in [-0.1, -0.05) is 25.5 Å². The van der Waals surface area contributed by atoms with Crippen LogP contribution in [0.15, 0.2) is 11.6 Å². The first-order valence-corrected chi connectivity index (χ1v) is 12.1. The van der Waals surface area contributed by atoms with E-state index < -0.39 is 0 Å². The maximum Gasteiger partial charge on any atom is 0.407 e. The number of ether oxygens (including phenoxy) is 1. The van der Waals surface area contributed by atoms with E-state index in [1.807, 2.05) is 0 Å². The molecular formula is C25H42N2O2. The molecule has 3 aliphatic carbocycles. The molecular weight excluding hydrogens is 360 g/mol. The molecule has 4 fully saturated rings. The van der Waals surface area contributed by atoms with Crippen LogP contribution in [0.1, 0.15) is 78.6 Å². The number of nitrogens with zero attached hydrogens (tertiary/aromatic N) is 1. The van der Waals surface area contributed by atoms with Crippen LogP contribution in [-0.2, 0) is 4.74 Å². The van der Waals surface area contributed by atoms with Gasteiger partial charge in [0, 0.05) is 26.1 Å². The molecule has 4 rings (SSSR count). The van der Waals surface area contributed by atoms with Crippen molar-refractivity contribution >= 4 is 6.09 Å². The molecule has 4 aliphatic rings. The molecule has 1 amide bonds. The Kier molecular flexibility index (Phi) is 5.78. The van der Waals surface area contributed by atoms with Crippen LogP contribution < -0.4 is 5.32 Å². The molecule has 1 heterocycles. The summed E-state index contributed by atoms with van der Waals surface area (Å²) < 4.78 is 5.65. The van der Waals surface area contributed by atoms with Gasteiger partial charge in [0.25, 0.3) is 0 Å². The number of likely N-dealkylation sites (tertiary alicyclic amines) is 1. The van der Waals surface area contributed by atoms with Gasteiger partial charge in [0.15, 0.2) is 0 Å². The fourth-order valence-electron chi connectivity index (χ4n) is 7.99. The highest BCUT2D eigenvalue weighted by Crippen LogP contribution is 2.64. The third-order valence-corrected chi connectivity index (χ3v) is 9.72. The molecule has 3 saturated carbocycles. The number of allylic oxidation sites excluding steroid dienone is 1. The first-order valence-electron chi connectivity index (χ1n) is 12.1. The minimum absolute atomic E-state index is 0.0379. The van der Waals surface area contributed by atoms with Crippen LogP contribution in [0.5, 0.6) is 0 Å². The quantitative estimate of drug-likeness (QED) is 0.644. The van der Waals surface area contributed by atoms with E-state index in [0.29, 0.717) is 5.41 Å². The lowest BCUT2D eigenvalue weighted by molar-refractivity contribution is 0.00583. The van der Waals surface area contributed by atoms with E-state index in [1.54, 1.807) is 12.6 Å². The van der Waals surface area contributed by atoms with Gasteiger partial charge in [0.05, 0.1) is 0 Å². The van der Waals surface area contributed by atoms with Gasteiger partial charge < -0.3 is 15.0 Å². The van der Waals surface area contributed by atoms with Gasteiger partial charge in [-0.3, -0.25) is 0 Å². The SMILES string of the molecule is CC/C=C1/C[C@@H](OC(=O)NC)CC[C@]1(C)[C@H]1CC[C@]23CN(C)[C@@H](C)[C@H]2CC[C@H]3C1. The maximum absolute atomic E-state index is 11.7. The summed E-state index contributed by atoms with van der Waals surface area (Å²) in [6, 6.07) is 0.764. The minimum Gasteiger partial charge on any atom is -0.446 e. The van der Waals surface area contributed by atoms with Crippen molar-refractivity contribution in [3.63, 3.8) is 0 Å². The van der Waals surface area contributed by atoms with Crippen molar-refractivity contribution < 1.29 is 9.53 Å². The number of carbonyl (C=O) groups excluding carboxylic acids is 1. The number of hydrogen-bond acceptors (Lipinski definition) is 3. The second kappa shape index (κ2) is 7.90.